The van der Waals surface area contributed by atoms with Crippen LogP contribution < -0.4 is 10.9 Å². The van der Waals surface area contributed by atoms with Crippen molar-refractivity contribution in [2.24, 2.45) is 5.92 Å². The molecule has 1 atom stereocenters. The average molecular weight is 382 g/mol. The fraction of sp³-hybridized carbons (Fsp3) is 0.500. The lowest BCUT2D eigenvalue weighted by atomic mass is 10.2. The highest BCUT2D eigenvalue weighted by Crippen LogP contribution is 2.24. The average Bonchev–Trinajstić information content (AvgIpc) is 2.56. The van der Waals surface area contributed by atoms with Gasteiger partial charge in [0.15, 0.2) is 5.16 Å². The zero-order chi connectivity index (χ0) is 18.6. The van der Waals surface area contributed by atoms with Gasteiger partial charge in [-0.05, 0) is 37.5 Å². The number of rotatable bonds is 7. The summed E-state index contributed by atoms with van der Waals surface area (Å²) >= 11 is 7.34. The van der Waals surface area contributed by atoms with E-state index in [1.807, 2.05) is 27.7 Å². The number of amides is 1. The second-order valence-corrected chi connectivity index (χ2v) is 8.16. The van der Waals surface area contributed by atoms with Crippen molar-refractivity contribution in [3.05, 3.63) is 33.6 Å². The summed E-state index contributed by atoms with van der Waals surface area (Å²) in [5.41, 5.74) is 0.475. The smallest absolute Gasteiger partial charge is 0.262 e. The number of nitrogens with one attached hydrogen (secondary N) is 1. The quantitative estimate of drug-likeness (QED) is 0.586. The Morgan fingerprint density at radius 3 is 2.72 bits per heavy atom. The van der Waals surface area contributed by atoms with Gasteiger partial charge in [0.1, 0.15) is 0 Å². The molecule has 0 unspecified atom stereocenters. The summed E-state index contributed by atoms with van der Waals surface area (Å²) in [6.07, 6.45) is 0.885. The molecule has 1 aromatic carbocycles. The molecule has 2 rings (SSSR count). The molecule has 1 heterocycles. The van der Waals surface area contributed by atoms with Crippen molar-refractivity contribution in [2.45, 2.75) is 51.1 Å². The first-order valence-corrected chi connectivity index (χ1v) is 9.73. The van der Waals surface area contributed by atoms with Crippen LogP contribution in [-0.4, -0.2) is 27.3 Å². The molecule has 0 bridgehead atoms. The second kappa shape index (κ2) is 8.72. The molecule has 1 amide bonds. The number of benzene rings is 1. The molecular formula is C18H24ClN3O2S. The highest BCUT2D eigenvalue weighted by atomic mass is 35.5. The SMILES string of the molecule is CCCNC(=O)[C@H](C)Sc1nc2ccc(Cl)cc2c(=O)n1CC(C)C. The van der Waals surface area contributed by atoms with Crippen LogP contribution in [-0.2, 0) is 11.3 Å². The molecule has 0 saturated heterocycles. The standard InChI is InChI=1S/C18H24ClN3O2S/c1-5-8-20-16(23)12(4)25-18-21-15-7-6-13(19)9-14(15)17(24)22(18)10-11(2)3/h6-7,9,11-12H,5,8,10H2,1-4H3,(H,20,23)/t12-/m0/s1. The Morgan fingerprint density at radius 2 is 2.08 bits per heavy atom. The Kier molecular flexibility index (Phi) is 6.90. The molecule has 0 radical (unpaired) electrons. The molecule has 0 aliphatic carbocycles. The Morgan fingerprint density at radius 1 is 1.36 bits per heavy atom. The van der Waals surface area contributed by atoms with E-state index in [1.165, 1.54) is 11.8 Å². The van der Waals surface area contributed by atoms with Crippen molar-refractivity contribution < 1.29 is 4.79 Å². The Hall–Kier alpha value is -1.53. The Labute approximate surface area is 157 Å². The van der Waals surface area contributed by atoms with Crippen molar-refractivity contribution in [1.29, 1.82) is 0 Å². The predicted octanol–water partition coefficient (Wildman–Crippen LogP) is 3.71. The highest BCUT2D eigenvalue weighted by molar-refractivity contribution is 8.00. The number of thioether (sulfide) groups is 1. The van der Waals surface area contributed by atoms with Gasteiger partial charge >= 0.3 is 0 Å². The fourth-order valence-corrected chi connectivity index (χ4v) is 3.51. The fourth-order valence-electron chi connectivity index (χ4n) is 2.39. The maximum absolute atomic E-state index is 12.9. The van der Waals surface area contributed by atoms with E-state index in [2.05, 4.69) is 10.3 Å². The molecule has 7 heteroatoms. The Balaban J connectivity index is 2.44. The van der Waals surface area contributed by atoms with Crippen molar-refractivity contribution in [3.8, 4) is 0 Å². The Bertz CT molecular complexity index is 820. The molecule has 0 fully saturated rings. The van der Waals surface area contributed by atoms with Crippen LogP contribution in [0, 0.1) is 5.92 Å². The van der Waals surface area contributed by atoms with E-state index < -0.39 is 0 Å². The topological polar surface area (TPSA) is 64.0 Å². The van der Waals surface area contributed by atoms with Crippen molar-refractivity contribution in [1.82, 2.24) is 14.9 Å². The highest BCUT2D eigenvalue weighted by Gasteiger charge is 2.19. The summed E-state index contributed by atoms with van der Waals surface area (Å²) < 4.78 is 1.65. The van der Waals surface area contributed by atoms with Crippen molar-refractivity contribution in [3.63, 3.8) is 0 Å². The number of hydrogen-bond acceptors (Lipinski definition) is 4. The van der Waals surface area contributed by atoms with Gasteiger partial charge in [0.25, 0.3) is 5.56 Å². The molecule has 25 heavy (non-hydrogen) atoms. The number of aromatic nitrogens is 2. The molecule has 0 saturated carbocycles. The first-order valence-electron chi connectivity index (χ1n) is 8.48. The number of fused-ring (bicyclic) bond motifs is 1. The zero-order valence-corrected chi connectivity index (χ0v) is 16.6. The minimum atomic E-state index is -0.332. The molecule has 5 nitrogen and oxygen atoms in total. The summed E-state index contributed by atoms with van der Waals surface area (Å²) in [7, 11) is 0. The molecule has 0 spiro atoms. The van der Waals surface area contributed by atoms with Gasteiger partial charge in [0, 0.05) is 18.1 Å². The summed E-state index contributed by atoms with van der Waals surface area (Å²) in [6, 6.07) is 5.11. The summed E-state index contributed by atoms with van der Waals surface area (Å²) in [6.45, 7) is 9.11. The van der Waals surface area contributed by atoms with Gasteiger partial charge in [-0.3, -0.25) is 14.2 Å². The van der Waals surface area contributed by atoms with Crippen LogP contribution in [0.25, 0.3) is 10.9 Å². The van der Waals surface area contributed by atoms with Crippen LogP contribution in [0.4, 0.5) is 0 Å². The second-order valence-electron chi connectivity index (χ2n) is 6.42. The maximum Gasteiger partial charge on any atom is 0.262 e. The van der Waals surface area contributed by atoms with Crippen LogP contribution in [0.5, 0.6) is 0 Å². The van der Waals surface area contributed by atoms with Crippen LogP contribution in [0.1, 0.15) is 34.1 Å². The predicted molar refractivity (Wildman–Crippen MR) is 104 cm³/mol. The largest absolute Gasteiger partial charge is 0.355 e. The third-order valence-corrected chi connectivity index (χ3v) is 4.95. The third-order valence-electron chi connectivity index (χ3n) is 3.63. The summed E-state index contributed by atoms with van der Waals surface area (Å²) in [4.78, 5) is 29.7. The number of halogens is 1. The normalized spacial score (nSPS) is 12.6. The number of carbonyl (C=O) groups is 1. The molecular weight excluding hydrogens is 358 g/mol. The monoisotopic (exact) mass is 381 g/mol. The lowest BCUT2D eigenvalue weighted by Gasteiger charge is -2.17. The summed E-state index contributed by atoms with van der Waals surface area (Å²) in [5.74, 6) is 0.230. The van der Waals surface area contributed by atoms with Gasteiger partial charge in [0.05, 0.1) is 16.2 Å². The number of carbonyl (C=O) groups excluding carboxylic acids is 1. The molecule has 0 aliphatic rings. The van der Waals surface area contributed by atoms with Gasteiger partial charge < -0.3 is 5.32 Å². The van der Waals surface area contributed by atoms with E-state index >= 15 is 0 Å². The molecule has 1 N–H and O–H groups in total. The lowest BCUT2D eigenvalue weighted by molar-refractivity contribution is -0.120. The molecule has 136 valence electrons. The lowest BCUT2D eigenvalue weighted by Crippen LogP contribution is -2.32. The van der Waals surface area contributed by atoms with Crippen molar-refractivity contribution in [2.75, 3.05) is 6.54 Å². The minimum absolute atomic E-state index is 0.0478. The molecule has 2 aromatic rings. The van der Waals surface area contributed by atoms with Crippen molar-refractivity contribution >= 4 is 40.2 Å². The number of hydrogen-bond donors (Lipinski definition) is 1. The van der Waals surface area contributed by atoms with Crippen LogP contribution in [0.3, 0.4) is 0 Å². The van der Waals surface area contributed by atoms with Gasteiger partial charge in [-0.1, -0.05) is 44.1 Å². The van der Waals surface area contributed by atoms with E-state index in [9.17, 15) is 9.59 Å². The van der Waals surface area contributed by atoms with Crippen LogP contribution >= 0.6 is 23.4 Å². The first-order chi connectivity index (χ1) is 11.8. The van der Waals surface area contributed by atoms with E-state index in [0.717, 1.165) is 6.42 Å². The first kappa shape index (κ1) is 19.8. The van der Waals surface area contributed by atoms with Crippen LogP contribution in [0.15, 0.2) is 28.2 Å². The molecule has 0 aliphatic heterocycles. The van der Waals surface area contributed by atoms with E-state index in [-0.39, 0.29) is 22.6 Å². The van der Waals surface area contributed by atoms with E-state index in [4.69, 9.17) is 11.6 Å². The minimum Gasteiger partial charge on any atom is -0.355 e. The van der Waals surface area contributed by atoms with E-state index in [0.29, 0.717) is 34.2 Å². The van der Waals surface area contributed by atoms with Gasteiger partial charge in [-0.15, -0.1) is 0 Å². The molecule has 1 aromatic heterocycles. The van der Waals surface area contributed by atoms with Crippen LogP contribution in [0.2, 0.25) is 5.02 Å². The maximum atomic E-state index is 12.9. The van der Waals surface area contributed by atoms with E-state index in [1.54, 1.807) is 22.8 Å². The van der Waals surface area contributed by atoms with Gasteiger partial charge in [0.2, 0.25) is 5.91 Å². The number of nitrogens with zero attached hydrogens (tertiary/aromatic N) is 2. The van der Waals surface area contributed by atoms with Gasteiger partial charge in [-0.25, -0.2) is 4.98 Å². The zero-order valence-electron chi connectivity index (χ0n) is 15.0. The summed E-state index contributed by atoms with van der Waals surface area (Å²) in [5, 5.41) is 4.12. The van der Waals surface area contributed by atoms with Gasteiger partial charge in [-0.2, -0.15) is 0 Å². The third kappa shape index (κ3) is 4.98.